The van der Waals surface area contributed by atoms with Crippen LogP contribution in [0, 0.1) is 0 Å². The van der Waals surface area contributed by atoms with E-state index in [9.17, 15) is 4.79 Å². The molecule has 0 aliphatic carbocycles. The Balaban J connectivity index is 1.89. The van der Waals surface area contributed by atoms with Gasteiger partial charge < -0.3 is 14.2 Å². The van der Waals surface area contributed by atoms with Gasteiger partial charge in [0.2, 0.25) is 0 Å². The van der Waals surface area contributed by atoms with Gasteiger partial charge in [-0.15, -0.1) is 0 Å². The largest absolute Gasteiger partial charge is 0.497 e. The first-order chi connectivity index (χ1) is 12.4. The standard InChI is InChI=1S/C18H18Cl2N2O4/c1-11(14-6-5-13(24-2)9-17(14)25-3)21-22-18(23)10-26-16-7-4-12(19)8-15(16)20/h4-9,21H,1,10H2,2-3H3,(H,22,23). The van der Waals surface area contributed by atoms with Crippen molar-refractivity contribution in [2.24, 2.45) is 0 Å². The molecule has 0 fully saturated rings. The minimum Gasteiger partial charge on any atom is -0.497 e. The van der Waals surface area contributed by atoms with Crippen molar-refractivity contribution in [1.82, 2.24) is 10.9 Å². The van der Waals surface area contributed by atoms with E-state index >= 15 is 0 Å². The van der Waals surface area contributed by atoms with E-state index in [0.717, 1.165) is 0 Å². The van der Waals surface area contributed by atoms with E-state index in [1.54, 1.807) is 37.4 Å². The molecule has 0 unspecified atom stereocenters. The molecule has 0 radical (unpaired) electrons. The number of halogens is 2. The van der Waals surface area contributed by atoms with Gasteiger partial charge in [0, 0.05) is 16.7 Å². The van der Waals surface area contributed by atoms with Gasteiger partial charge in [0.25, 0.3) is 5.91 Å². The Bertz CT molecular complexity index is 812. The third-order valence-corrected chi connectivity index (χ3v) is 3.87. The SMILES string of the molecule is C=C(NNC(=O)COc1ccc(Cl)cc1Cl)c1ccc(OC)cc1OC. The molecular weight excluding hydrogens is 379 g/mol. The summed E-state index contributed by atoms with van der Waals surface area (Å²) in [4.78, 5) is 11.9. The number of benzene rings is 2. The second-order valence-electron chi connectivity index (χ2n) is 5.08. The van der Waals surface area contributed by atoms with Crippen molar-refractivity contribution in [3.63, 3.8) is 0 Å². The van der Waals surface area contributed by atoms with Crippen molar-refractivity contribution in [1.29, 1.82) is 0 Å². The lowest BCUT2D eigenvalue weighted by atomic mass is 10.1. The number of carbonyl (C=O) groups is 1. The van der Waals surface area contributed by atoms with Crippen LogP contribution in [0.1, 0.15) is 5.56 Å². The summed E-state index contributed by atoms with van der Waals surface area (Å²) in [7, 11) is 3.10. The second-order valence-corrected chi connectivity index (χ2v) is 5.92. The third-order valence-electron chi connectivity index (χ3n) is 3.34. The predicted octanol–water partition coefficient (Wildman–Crippen LogP) is 3.68. The fourth-order valence-corrected chi connectivity index (χ4v) is 2.50. The summed E-state index contributed by atoms with van der Waals surface area (Å²) in [6, 6.07) is 9.99. The molecule has 2 aromatic rings. The van der Waals surface area contributed by atoms with Crippen molar-refractivity contribution < 1.29 is 19.0 Å². The van der Waals surface area contributed by atoms with E-state index in [2.05, 4.69) is 17.4 Å². The van der Waals surface area contributed by atoms with Crippen LogP contribution in [-0.2, 0) is 4.79 Å². The zero-order chi connectivity index (χ0) is 19.1. The molecule has 2 N–H and O–H groups in total. The van der Waals surface area contributed by atoms with Crippen molar-refractivity contribution in [2.45, 2.75) is 0 Å². The van der Waals surface area contributed by atoms with E-state index in [0.29, 0.717) is 38.6 Å². The third kappa shape index (κ3) is 5.21. The summed E-state index contributed by atoms with van der Waals surface area (Å²) in [5.74, 6) is 1.16. The summed E-state index contributed by atoms with van der Waals surface area (Å²) in [6.45, 7) is 3.65. The zero-order valence-corrected chi connectivity index (χ0v) is 15.8. The highest BCUT2D eigenvalue weighted by Crippen LogP contribution is 2.28. The molecule has 0 saturated carbocycles. The number of hydrogen-bond acceptors (Lipinski definition) is 5. The maximum atomic E-state index is 11.9. The van der Waals surface area contributed by atoms with Crippen molar-refractivity contribution in [3.05, 3.63) is 58.6 Å². The number of ether oxygens (including phenoxy) is 3. The average molecular weight is 397 g/mol. The fraction of sp³-hybridized carbons (Fsp3) is 0.167. The monoisotopic (exact) mass is 396 g/mol. The van der Waals surface area contributed by atoms with Crippen molar-refractivity contribution >= 4 is 34.8 Å². The lowest BCUT2D eigenvalue weighted by molar-refractivity contribution is -0.123. The van der Waals surface area contributed by atoms with Gasteiger partial charge in [-0.1, -0.05) is 29.8 Å². The average Bonchev–Trinajstić information content (AvgIpc) is 2.64. The number of carbonyl (C=O) groups excluding carboxylic acids is 1. The normalized spacial score (nSPS) is 10.0. The number of hydrazine groups is 1. The molecule has 0 aliphatic heterocycles. The molecule has 0 atom stereocenters. The molecule has 8 heteroatoms. The first kappa shape index (κ1) is 19.8. The van der Waals surface area contributed by atoms with Crippen molar-refractivity contribution in [2.75, 3.05) is 20.8 Å². The van der Waals surface area contributed by atoms with E-state index in [1.807, 2.05) is 0 Å². The topological polar surface area (TPSA) is 68.8 Å². The Kier molecular flexibility index (Phi) is 7.00. The van der Waals surface area contributed by atoms with Crippen LogP contribution in [0.25, 0.3) is 5.70 Å². The Morgan fingerprint density at radius 3 is 2.46 bits per heavy atom. The maximum absolute atomic E-state index is 11.9. The predicted molar refractivity (Wildman–Crippen MR) is 102 cm³/mol. The minimum atomic E-state index is -0.412. The van der Waals surface area contributed by atoms with Crippen LogP contribution in [0.2, 0.25) is 10.0 Å². The second kappa shape index (κ2) is 9.22. The van der Waals surface area contributed by atoms with Gasteiger partial charge >= 0.3 is 0 Å². The highest BCUT2D eigenvalue weighted by molar-refractivity contribution is 6.35. The van der Waals surface area contributed by atoms with Crippen LogP contribution >= 0.6 is 23.2 Å². The van der Waals surface area contributed by atoms with Crippen LogP contribution in [0.3, 0.4) is 0 Å². The van der Waals surface area contributed by atoms with Crippen molar-refractivity contribution in [3.8, 4) is 17.2 Å². The van der Waals surface area contributed by atoms with E-state index in [1.165, 1.54) is 13.2 Å². The van der Waals surface area contributed by atoms with E-state index < -0.39 is 5.91 Å². The quantitative estimate of drug-likeness (QED) is 0.666. The molecule has 0 heterocycles. The summed E-state index contributed by atoms with van der Waals surface area (Å²) in [5.41, 5.74) is 6.34. The molecule has 1 amide bonds. The van der Waals surface area contributed by atoms with Gasteiger partial charge in [-0.3, -0.25) is 15.6 Å². The molecule has 2 rings (SSSR count). The van der Waals surface area contributed by atoms with Crippen LogP contribution in [0.4, 0.5) is 0 Å². The highest BCUT2D eigenvalue weighted by Gasteiger charge is 2.10. The molecule has 6 nitrogen and oxygen atoms in total. The molecule has 138 valence electrons. The highest BCUT2D eigenvalue weighted by atomic mass is 35.5. The number of methoxy groups -OCH3 is 2. The maximum Gasteiger partial charge on any atom is 0.276 e. The van der Waals surface area contributed by atoms with Crippen LogP contribution in [-0.4, -0.2) is 26.7 Å². The minimum absolute atomic E-state index is 0.235. The molecule has 0 saturated heterocycles. The summed E-state index contributed by atoms with van der Waals surface area (Å²) >= 11 is 11.8. The molecule has 2 aromatic carbocycles. The van der Waals surface area contributed by atoms with Gasteiger partial charge in [-0.25, -0.2) is 0 Å². The van der Waals surface area contributed by atoms with Gasteiger partial charge in [0.1, 0.15) is 17.2 Å². The van der Waals surface area contributed by atoms with E-state index in [4.69, 9.17) is 37.4 Å². The van der Waals surface area contributed by atoms with Gasteiger partial charge in [-0.05, 0) is 30.3 Å². The van der Waals surface area contributed by atoms with Crippen LogP contribution in [0.15, 0.2) is 43.0 Å². The lowest BCUT2D eigenvalue weighted by Gasteiger charge is -2.15. The lowest BCUT2D eigenvalue weighted by Crippen LogP contribution is -2.39. The van der Waals surface area contributed by atoms with Gasteiger partial charge in [0.15, 0.2) is 6.61 Å². The summed E-state index contributed by atoms with van der Waals surface area (Å²) in [5, 5.41) is 0.809. The zero-order valence-electron chi connectivity index (χ0n) is 14.3. The Labute approximate surface area is 161 Å². The van der Waals surface area contributed by atoms with Gasteiger partial charge in [0.05, 0.1) is 24.9 Å². The number of hydrogen-bond donors (Lipinski definition) is 2. The smallest absolute Gasteiger partial charge is 0.276 e. The molecular formula is C18H18Cl2N2O4. The Morgan fingerprint density at radius 1 is 1.04 bits per heavy atom. The molecule has 0 aliphatic rings. The van der Waals surface area contributed by atoms with Crippen LogP contribution < -0.4 is 25.1 Å². The van der Waals surface area contributed by atoms with Gasteiger partial charge in [-0.2, -0.15) is 0 Å². The van der Waals surface area contributed by atoms with E-state index in [-0.39, 0.29) is 6.61 Å². The summed E-state index contributed by atoms with van der Waals surface area (Å²) in [6.07, 6.45) is 0. The summed E-state index contributed by atoms with van der Waals surface area (Å²) < 4.78 is 15.8. The number of rotatable bonds is 8. The molecule has 0 spiro atoms. The first-order valence-electron chi connectivity index (χ1n) is 7.48. The first-order valence-corrected chi connectivity index (χ1v) is 8.24. The number of nitrogens with one attached hydrogen (secondary N) is 2. The van der Waals surface area contributed by atoms with Crippen LogP contribution in [0.5, 0.6) is 17.2 Å². The Hall–Kier alpha value is -2.57. The molecule has 0 aromatic heterocycles. The number of amides is 1. The molecule has 0 bridgehead atoms. The molecule has 26 heavy (non-hydrogen) atoms. The Morgan fingerprint density at radius 2 is 1.81 bits per heavy atom. The fourth-order valence-electron chi connectivity index (χ4n) is 2.03.